The monoisotopic (exact) mass is 382 g/mol. The number of anilines is 1. The molecule has 0 heterocycles. The van der Waals surface area contributed by atoms with Crippen molar-refractivity contribution in [3.05, 3.63) is 65.2 Å². The van der Waals surface area contributed by atoms with Crippen molar-refractivity contribution in [2.45, 2.75) is 26.3 Å². The Bertz CT molecular complexity index is 769. The fourth-order valence-electron chi connectivity index (χ4n) is 2.31. The molecule has 2 rings (SSSR count). The molecule has 0 saturated heterocycles. The fourth-order valence-corrected chi connectivity index (χ4v) is 2.31. The second kappa shape index (κ2) is 10.6. The number of rotatable bonds is 8. The van der Waals surface area contributed by atoms with E-state index in [-0.39, 0.29) is 36.7 Å². The summed E-state index contributed by atoms with van der Waals surface area (Å²) in [7, 11) is 0. The van der Waals surface area contributed by atoms with Crippen LogP contribution in [0.4, 0.5) is 14.5 Å². The van der Waals surface area contributed by atoms with E-state index in [0.29, 0.717) is 12.2 Å². The van der Waals surface area contributed by atoms with Gasteiger partial charge < -0.3 is 10.6 Å². The number of nitrogens with one attached hydrogen (secondary N) is 2. The Morgan fingerprint density at radius 3 is 2.42 bits per heavy atom. The normalized spacial score (nSPS) is 10.1. The Morgan fingerprint density at radius 2 is 1.73 bits per heavy atom. The third-order valence-corrected chi connectivity index (χ3v) is 3.68. The van der Waals surface area contributed by atoms with E-state index in [2.05, 4.69) is 10.6 Å². The molecule has 4 nitrogen and oxygen atoms in total. The van der Waals surface area contributed by atoms with Gasteiger partial charge in [-0.25, -0.2) is 8.78 Å². The van der Waals surface area contributed by atoms with E-state index in [1.54, 1.807) is 6.07 Å². The van der Waals surface area contributed by atoms with Gasteiger partial charge in [0.2, 0.25) is 5.91 Å². The first-order valence-electron chi connectivity index (χ1n) is 8.08. The number of benzene rings is 2. The van der Waals surface area contributed by atoms with E-state index in [4.69, 9.17) is 0 Å². The second-order valence-corrected chi connectivity index (χ2v) is 5.54. The number of Topliss-reactive ketones (excluding diaryl/α,β-unsaturated/α-hetero) is 1. The van der Waals surface area contributed by atoms with Crippen molar-refractivity contribution in [2.24, 2.45) is 0 Å². The molecule has 0 aliphatic rings. The highest BCUT2D eigenvalue weighted by molar-refractivity contribution is 6.00. The van der Waals surface area contributed by atoms with Gasteiger partial charge in [0.1, 0.15) is 0 Å². The van der Waals surface area contributed by atoms with Crippen molar-refractivity contribution < 1.29 is 18.4 Å². The minimum absolute atomic E-state index is 0. The highest BCUT2D eigenvalue weighted by Crippen LogP contribution is 2.16. The van der Waals surface area contributed by atoms with Crippen LogP contribution in [0.15, 0.2) is 42.5 Å². The highest BCUT2D eigenvalue weighted by atomic mass is 35.5. The van der Waals surface area contributed by atoms with Crippen LogP contribution in [0.5, 0.6) is 0 Å². The van der Waals surface area contributed by atoms with Gasteiger partial charge in [-0.3, -0.25) is 9.59 Å². The average molecular weight is 383 g/mol. The molecule has 0 bridgehead atoms. The summed E-state index contributed by atoms with van der Waals surface area (Å²) in [4.78, 5) is 24.1. The van der Waals surface area contributed by atoms with Crippen molar-refractivity contribution in [1.82, 2.24) is 5.32 Å². The Labute approximate surface area is 157 Å². The Hall–Kier alpha value is -2.31. The van der Waals surface area contributed by atoms with Crippen LogP contribution in [0.2, 0.25) is 0 Å². The molecule has 0 atom stereocenters. The zero-order valence-electron chi connectivity index (χ0n) is 14.4. The number of ketones is 1. The zero-order valence-corrected chi connectivity index (χ0v) is 15.2. The highest BCUT2D eigenvalue weighted by Gasteiger charge is 2.13. The summed E-state index contributed by atoms with van der Waals surface area (Å²) >= 11 is 0. The quantitative estimate of drug-likeness (QED) is 0.676. The lowest BCUT2D eigenvalue weighted by Crippen LogP contribution is -2.17. The number of carbonyl (C=O) groups is 2. The lowest BCUT2D eigenvalue weighted by atomic mass is 10.1. The van der Waals surface area contributed by atoms with E-state index in [9.17, 15) is 18.4 Å². The standard InChI is InChI=1S/C19H20F2N2O2.ClH/c1-2-22-12-14-5-3-4-6-17(14)23-19(25)10-9-18(24)13-7-8-15(20)16(21)11-13;/h3-8,11,22H,2,9-10,12H2,1H3,(H,23,25);1H. The van der Waals surface area contributed by atoms with Crippen molar-refractivity contribution in [3.63, 3.8) is 0 Å². The second-order valence-electron chi connectivity index (χ2n) is 5.54. The van der Waals surface area contributed by atoms with Gasteiger partial charge in [-0.2, -0.15) is 0 Å². The number of halogens is 3. The van der Waals surface area contributed by atoms with Crippen LogP contribution in [-0.2, 0) is 11.3 Å². The van der Waals surface area contributed by atoms with Gasteiger partial charge in [-0.15, -0.1) is 12.4 Å². The molecule has 7 heteroatoms. The molecule has 0 unspecified atom stereocenters. The van der Waals surface area contributed by atoms with E-state index in [1.165, 1.54) is 6.07 Å². The van der Waals surface area contributed by atoms with Gasteiger partial charge in [-0.1, -0.05) is 25.1 Å². The van der Waals surface area contributed by atoms with Crippen molar-refractivity contribution in [2.75, 3.05) is 11.9 Å². The van der Waals surface area contributed by atoms with E-state index >= 15 is 0 Å². The largest absolute Gasteiger partial charge is 0.326 e. The smallest absolute Gasteiger partial charge is 0.224 e. The molecule has 140 valence electrons. The van der Waals surface area contributed by atoms with Gasteiger partial charge in [0.05, 0.1) is 0 Å². The molecule has 0 fully saturated rings. The lowest BCUT2D eigenvalue weighted by molar-refractivity contribution is -0.116. The lowest BCUT2D eigenvalue weighted by Gasteiger charge is -2.11. The summed E-state index contributed by atoms with van der Waals surface area (Å²) in [5.41, 5.74) is 1.69. The summed E-state index contributed by atoms with van der Waals surface area (Å²) in [5.74, 6) is -2.80. The van der Waals surface area contributed by atoms with Crippen LogP contribution in [0.25, 0.3) is 0 Å². The Kier molecular flexibility index (Phi) is 8.88. The van der Waals surface area contributed by atoms with Crippen LogP contribution in [0.3, 0.4) is 0 Å². The summed E-state index contributed by atoms with van der Waals surface area (Å²) in [5, 5.41) is 5.97. The maximum Gasteiger partial charge on any atom is 0.224 e. The Morgan fingerprint density at radius 1 is 1.00 bits per heavy atom. The molecule has 1 amide bonds. The molecule has 2 aromatic rings. The molecular formula is C19H21ClF2N2O2. The minimum Gasteiger partial charge on any atom is -0.326 e. The fraction of sp³-hybridized carbons (Fsp3) is 0.263. The van der Waals surface area contributed by atoms with Crippen molar-refractivity contribution in [1.29, 1.82) is 0 Å². The minimum atomic E-state index is -1.08. The van der Waals surface area contributed by atoms with Gasteiger partial charge in [0.15, 0.2) is 17.4 Å². The van der Waals surface area contributed by atoms with Crippen LogP contribution < -0.4 is 10.6 Å². The predicted octanol–water partition coefficient (Wildman–Crippen LogP) is 4.10. The molecule has 0 spiro atoms. The molecular weight excluding hydrogens is 362 g/mol. The van der Waals surface area contributed by atoms with Gasteiger partial charge in [0.25, 0.3) is 0 Å². The molecule has 0 saturated carbocycles. The molecule has 26 heavy (non-hydrogen) atoms. The van der Waals surface area contributed by atoms with Gasteiger partial charge >= 0.3 is 0 Å². The first-order chi connectivity index (χ1) is 12.0. The Balaban J connectivity index is 0.00000338. The predicted molar refractivity (Wildman–Crippen MR) is 99.6 cm³/mol. The third-order valence-electron chi connectivity index (χ3n) is 3.68. The average Bonchev–Trinajstić information content (AvgIpc) is 2.61. The van der Waals surface area contributed by atoms with Crippen LogP contribution in [0, 0.1) is 11.6 Å². The number of hydrogen-bond donors (Lipinski definition) is 2. The molecule has 2 aromatic carbocycles. The van der Waals surface area contributed by atoms with E-state index in [1.807, 2.05) is 25.1 Å². The summed E-state index contributed by atoms with van der Waals surface area (Å²) in [6, 6.07) is 10.4. The van der Waals surface area contributed by atoms with Gasteiger partial charge in [0, 0.05) is 30.6 Å². The maximum atomic E-state index is 13.2. The first kappa shape index (κ1) is 21.7. The number of amides is 1. The molecule has 0 aliphatic carbocycles. The maximum absolute atomic E-state index is 13.2. The SMILES string of the molecule is CCNCc1ccccc1NC(=O)CCC(=O)c1ccc(F)c(F)c1.Cl. The summed E-state index contributed by atoms with van der Waals surface area (Å²) in [6.45, 7) is 3.43. The number of para-hydroxylation sites is 1. The van der Waals surface area contributed by atoms with Crippen LogP contribution in [0.1, 0.15) is 35.7 Å². The zero-order chi connectivity index (χ0) is 18.2. The van der Waals surface area contributed by atoms with Gasteiger partial charge in [-0.05, 0) is 36.4 Å². The number of carbonyl (C=O) groups excluding carboxylic acids is 2. The molecule has 0 aromatic heterocycles. The van der Waals surface area contributed by atoms with Crippen LogP contribution in [-0.4, -0.2) is 18.2 Å². The number of hydrogen-bond acceptors (Lipinski definition) is 3. The van der Waals surface area contributed by atoms with Crippen molar-refractivity contribution in [3.8, 4) is 0 Å². The first-order valence-corrected chi connectivity index (χ1v) is 8.08. The van der Waals surface area contributed by atoms with Crippen molar-refractivity contribution >= 4 is 29.8 Å². The topological polar surface area (TPSA) is 58.2 Å². The summed E-state index contributed by atoms with van der Waals surface area (Å²) in [6.07, 6.45) is -0.111. The van der Waals surface area contributed by atoms with E-state index in [0.717, 1.165) is 24.2 Å². The molecule has 0 aliphatic heterocycles. The molecule has 2 N–H and O–H groups in total. The van der Waals surface area contributed by atoms with Crippen LogP contribution >= 0.6 is 12.4 Å². The van der Waals surface area contributed by atoms with E-state index < -0.39 is 17.4 Å². The summed E-state index contributed by atoms with van der Waals surface area (Å²) < 4.78 is 26.0. The molecule has 0 radical (unpaired) electrons. The third kappa shape index (κ3) is 6.20.